The van der Waals surface area contributed by atoms with Gasteiger partial charge in [-0.2, -0.15) is 9.97 Å². The quantitative estimate of drug-likeness (QED) is 0.602. The normalized spacial score (nSPS) is 9.94. The highest BCUT2D eigenvalue weighted by atomic mass is 19.1. The second kappa shape index (κ2) is 4.52. The van der Waals surface area contributed by atoms with Crippen LogP contribution in [0.4, 0.5) is 10.1 Å². The number of benzene rings is 1. The lowest BCUT2D eigenvalue weighted by Gasteiger charge is -2.02. The van der Waals surface area contributed by atoms with E-state index in [0.717, 1.165) is 18.5 Å². The van der Waals surface area contributed by atoms with E-state index < -0.39 is 10.7 Å². The predicted molar refractivity (Wildman–Crippen MR) is 55.2 cm³/mol. The van der Waals surface area contributed by atoms with Crippen molar-refractivity contribution in [3.63, 3.8) is 0 Å². The molecule has 1 aromatic heterocycles. The van der Waals surface area contributed by atoms with E-state index in [1.807, 2.05) is 0 Å². The Hall–Kier alpha value is -2.57. The van der Waals surface area contributed by atoms with Crippen molar-refractivity contribution in [2.75, 3.05) is 0 Å². The lowest BCUT2D eigenvalue weighted by molar-refractivity contribution is -0.385. The molecule has 0 bridgehead atoms. The van der Waals surface area contributed by atoms with E-state index >= 15 is 0 Å². The van der Waals surface area contributed by atoms with Crippen molar-refractivity contribution >= 4 is 5.69 Å². The van der Waals surface area contributed by atoms with Crippen molar-refractivity contribution in [2.45, 2.75) is 0 Å². The Bertz CT molecular complexity index is 545. The molecule has 1 heterocycles. The van der Waals surface area contributed by atoms with Crippen LogP contribution in [-0.2, 0) is 0 Å². The molecular weight excluding hydrogens is 229 g/mol. The van der Waals surface area contributed by atoms with Crippen LogP contribution in [0, 0.1) is 15.9 Å². The van der Waals surface area contributed by atoms with Crippen molar-refractivity contribution in [3.8, 4) is 11.8 Å². The Morgan fingerprint density at radius 3 is 2.59 bits per heavy atom. The number of hydrogen-bond acceptors (Lipinski definition) is 5. The summed E-state index contributed by atoms with van der Waals surface area (Å²) in [5, 5.41) is 10.4. The van der Waals surface area contributed by atoms with Gasteiger partial charge in [0.2, 0.25) is 0 Å². The van der Waals surface area contributed by atoms with E-state index in [9.17, 15) is 14.5 Å². The summed E-state index contributed by atoms with van der Waals surface area (Å²) < 4.78 is 17.9. The Kier molecular flexibility index (Phi) is 2.91. The van der Waals surface area contributed by atoms with Crippen LogP contribution in [0.2, 0.25) is 0 Å². The van der Waals surface area contributed by atoms with Crippen LogP contribution in [0.3, 0.4) is 0 Å². The molecule has 0 radical (unpaired) electrons. The van der Waals surface area contributed by atoms with Gasteiger partial charge in [-0.05, 0) is 12.1 Å². The molecule has 0 unspecified atom stereocenters. The van der Waals surface area contributed by atoms with E-state index in [2.05, 4.69) is 9.97 Å². The van der Waals surface area contributed by atoms with E-state index in [0.29, 0.717) is 0 Å². The summed E-state index contributed by atoms with van der Waals surface area (Å²) in [5.41, 5.74) is -0.239. The van der Waals surface area contributed by atoms with Crippen molar-refractivity contribution < 1.29 is 14.1 Å². The minimum absolute atomic E-state index is 0.0822. The van der Waals surface area contributed by atoms with Gasteiger partial charge in [0.1, 0.15) is 24.0 Å². The smallest absolute Gasteiger partial charge is 0.322 e. The highest BCUT2D eigenvalue weighted by molar-refractivity contribution is 5.27. The highest BCUT2D eigenvalue weighted by Gasteiger charge is 2.08. The molecule has 0 spiro atoms. The third-order valence-corrected chi connectivity index (χ3v) is 1.83. The first-order valence-electron chi connectivity index (χ1n) is 4.55. The standard InChI is InChI=1S/C10H6FN3O3/c11-7-2-1-3-9(4-7)17-10-12-5-8(6-13-10)14(15)16/h1-6H. The van der Waals surface area contributed by atoms with Crippen LogP contribution in [-0.4, -0.2) is 14.9 Å². The van der Waals surface area contributed by atoms with Gasteiger partial charge in [0.15, 0.2) is 0 Å². The van der Waals surface area contributed by atoms with Gasteiger partial charge in [-0.25, -0.2) is 4.39 Å². The fourth-order valence-corrected chi connectivity index (χ4v) is 1.09. The molecular formula is C10H6FN3O3. The van der Waals surface area contributed by atoms with Gasteiger partial charge in [-0.15, -0.1) is 0 Å². The molecule has 6 nitrogen and oxygen atoms in total. The summed E-state index contributed by atoms with van der Waals surface area (Å²) in [6, 6.07) is 5.33. The molecule has 0 N–H and O–H groups in total. The van der Waals surface area contributed by atoms with Gasteiger partial charge in [0.05, 0.1) is 4.92 Å². The molecule has 86 valence electrons. The summed E-state index contributed by atoms with van der Waals surface area (Å²) in [5.74, 6) is -0.233. The van der Waals surface area contributed by atoms with Crippen LogP contribution in [0.5, 0.6) is 11.8 Å². The van der Waals surface area contributed by atoms with Gasteiger partial charge in [-0.1, -0.05) is 6.07 Å². The average molecular weight is 235 g/mol. The van der Waals surface area contributed by atoms with E-state index in [4.69, 9.17) is 4.74 Å². The number of rotatable bonds is 3. The molecule has 0 saturated carbocycles. The number of halogens is 1. The van der Waals surface area contributed by atoms with Crippen molar-refractivity contribution in [1.82, 2.24) is 9.97 Å². The highest BCUT2D eigenvalue weighted by Crippen LogP contribution is 2.19. The van der Waals surface area contributed by atoms with E-state index in [-0.39, 0.29) is 17.4 Å². The lowest BCUT2D eigenvalue weighted by atomic mass is 10.3. The van der Waals surface area contributed by atoms with Crippen LogP contribution < -0.4 is 4.74 Å². The average Bonchev–Trinajstić information content (AvgIpc) is 2.29. The monoisotopic (exact) mass is 235 g/mol. The van der Waals surface area contributed by atoms with Crippen LogP contribution in [0.25, 0.3) is 0 Å². The van der Waals surface area contributed by atoms with Gasteiger partial charge in [-0.3, -0.25) is 10.1 Å². The Balaban J connectivity index is 2.16. The van der Waals surface area contributed by atoms with Gasteiger partial charge < -0.3 is 4.74 Å². The van der Waals surface area contributed by atoms with Crippen molar-refractivity contribution in [2.24, 2.45) is 0 Å². The fourth-order valence-electron chi connectivity index (χ4n) is 1.09. The van der Waals surface area contributed by atoms with Crippen molar-refractivity contribution in [1.29, 1.82) is 0 Å². The van der Waals surface area contributed by atoms with Crippen molar-refractivity contribution in [3.05, 3.63) is 52.6 Å². The zero-order valence-corrected chi connectivity index (χ0v) is 8.41. The number of nitrogens with zero attached hydrogens (tertiary/aromatic N) is 3. The Morgan fingerprint density at radius 1 is 1.29 bits per heavy atom. The van der Waals surface area contributed by atoms with E-state index in [1.165, 1.54) is 18.2 Å². The summed E-state index contributed by atoms with van der Waals surface area (Å²) in [4.78, 5) is 17.0. The maximum Gasteiger partial charge on any atom is 0.322 e. The molecule has 7 heteroatoms. The molecule has 0 saturated heterocycles. The summed E-state index contributed by atoms with van der Waals surface area (Å²) >= 11 is 0. The predicted octanol–water partition coefficient (Wildman–Crippen LogP) is 2.32. The second-order valence-corrected chi connectivity index (χ2v) is 3.04. The lowest BCUT2D eigenvalue weighted by Crippen LogP contribution is -1.94. The summed E-state index contributed by atoms with van der Waals surface area (Å²) in [7, 11) is 0. The molecule has 1 aromatic carbocycles. The SMILES string of the molecule is O=[N+]([O-])c1cnc(Oc2cccc(F)c2)nc1. The summed E-state index contributed by atoms with van der Waals surface area (Å²) in [6.45, 7) is 0. The Morgan fingerprint density at radius 2 is 2.00 bits per heavy atom. The third kappa shape index (κ3) is 2.71. The topological polar surface area (TPSA) is 78.2 Å². The maximum atomic E-state index is 12.8. The molecule has 17 heavy (non-hydrogen) atoms. The van der Waals surface area contributed by atoms with Gasteiger partial charge in [0.25, 0.3) is 0 Å². The van der Waals surface area contributed by atoms with Crippen LogP contribution >= 0.6 is 0 Å². The number of ether oxygens (including phenoxy) is 1. The largest absolute Gasteiger partial charge is 0.424 e. The Labute approximate surface area is 94.9 Å². The van der Waals surface area contributed by atoms with Crippen LogP contribution in [0.15, 0.2) is 36.7 Å². The molecule has 0 aliphatic heterocycles. The first-order chi connectivity index (χ1) is 8.15. The molecule has 0 aliphatic carbocycles. The van der Waals surface area contributed by atoms with Crippen LogP contribution in [0.1, 0.15) is 0 Å². The zero-order chi connectivity index (χ0) is 12.3. The minimum atomic E-state index is -0.619. The number of hydrogen-bond donors (Lipinski definition) is 0. The zero-order valence-electron chi connectivity index (χ0n) is 8.41. The molecule has 0 atom stereocenters. The van der Waals surface area contributed by atoms with E-state index in [1.54, 1.807) is 0 Å². The first kappa shape index (κ1) is 10.9. The molecule has 0 aliphatic rings. The summed E-state index contributed by atoms with van der Waals surface area (Å²) in [6.07, 6.45) is 2.03. The molecule has 0 fully saturated rings. The first-order valence-corrected chi connectivity index (χ1v) is 4.55. The minimum Gasteiger partial charge on any atom is -0.424 e. The molecule has 0 amide bonds. The third-order valence-electron chi connectivity index (χ3n) is 1.83. The molecule has 2 aromatic rings. The second-order valence-electron chi connectivity index (χ2n) is 3.04. The maximum absolute atomic E-state index is 12.8. The number of aromatic nitrogens is 2. The molecule has 2 rings (SSSR count). The van der Waals surface area contributed by atoms with Gasteiger partial charge >= 0.3 is 11.7 Å². The fraction of sp³-hybridized carbons (Fsp3) is 0. The number of nitro groups is 1. The van der Waals surface area contributed by atoms with Gasteiger partial charge in [0, 0.05) is 6.07 Å².